The Balaban J connectivity index is 2.36. The molecule has 0 saturated heterocycles. The quantitative estimate of drug-likeness (QED) is 0.845. The molecule has 0 amide bonds. The van der Waals surface area contributed by atoms with E-state index in [1.807, 2.05) is 6.07 Å². The maximum absolute atomic E-state index is 4.51. The molecule has 0 fully saturated rings. The number of nitrogens with one attached hydrogen (secondary N) is 2. The number of nitrogens with zero attached hydrogens (tertiary/aromatic N) is 4. The fraction of sp³-hybridized carbons (Fsp3) is 0.500. The highest BCUT2D eigenvalue weighted by Crippen LogP contribution is 2.19. The highest BCUT2D eigenvalue weighted by atomic mass is 15.3. The molecule has 0 spiro atoms. The second-order valence-corrected chi connectivity index (χ2v) is 4.44. The van der Waals surface area contributed by atoms with E-state index < -0.39 is 0 Å². The van der Waals surface area contributed by atoms with Gasteiger partial charge in [0.15, 0.2) is 5.82 Å². The molecule has 6 nitrogen and oxygen atoms in total. The summed E-state index contributed by atoms with van der Waals surface area (Å²) in [5, 5.41) is 13.7. The van der Waals surface area contributed by atoms with Crippen LogP contribution in [0.2, 0.25) is 0 Å². The van der Waals surface area contributed by atoms with E-state index in [1.54, 1.807) is 6.20 Å². The van der Waals surface area contributed by atoms with E-state index in [0.29, 0.717) is 17.4 Å². The van der Waals surface area contributed by atoms with Gasteiger partial charge in [0.25, 0.3) is 0 Å². The van der Waals surface area contributed by atoms with E-state index in [0.717, 1.165) is 24.5 Å². The van der Waals surface area contributed by atoms with Gasteiger partial charge >= 0.3 is 0 Å². The third-order valence-electron chi connectivity index (χ3n) is 2.54. The zero-order valence-electron chi connectivity index (χ0n) is 10.9. The summed E-state index contributed by atoms with van der Waals surface area (Å²) < 4.78 is 0. The van der Waals surface area contributed by atoms with E-state index >= 15 is 0 Å². The first-order valence-corrected chi connectivity index (χ1v) is 6.19. The summed E-state index contributed by atoms with van der Waals surface area (Å²) in [6, 6.07) is 1.99. The van der Waals surface area contributed by atoms with Crippen molar-refractivity contribution in [3.8, 4) is 11.5 Å². The summed E-state index contributed by atoms with van der Waals surface area (Å²) >= 11 is 0. The van der Waals surface area contributed by atoms with E-state index in [2.05, 4.69) is 51.5 Å². The molecule has 0 bridgehead atoms. The van der Waals surface area contributed by atoms with Crippen molar-refractivity contribution >= 4 is 5.82 Å². The molecular weight excluding hydrogens is 228 g/mol. The smallest absolute Gasteiger partial charge is 0.183 e. The molecule has 2 aromatic rings. The Bertz CT molecular complexity index is 491. The minimum absolute atomic E-state index is 0.348. The number of hydrogen-bond acceptors (Lipinski definition) is 5. The van der Waals surface area contributed by atoms with Crippen LogP contribution in [-0.4, -0.2) is 31.9 Å². The molecule has 0 unspecified atom stereocenters. The van der Waals surface area contributed by atoms with Gasteiger partial charge in [0.1, 0.15) is 11.5 Å². The molecule has 0 saturated carbocycles. The summed E-state index contributed by atoms with van der Waals surface area (Å²) in [4.78, 5) is 8.96. The number of hydrogen-bond donors (Lipinski definition) is 2. The Morgan fingerprint density at radius 1 is 1.33 bits per heavy atom. The fourth-order valence-electron chi connectivity index (χ4n) is 1.53. The van der Waals surface area contributed by atoms with Crippen LogP contribution in [0.25, 0.3) is 11.5 Å². The van der Waals surface area contributed by atoms with Crippen molar-refractivity contribution in [2.24, 2.45) is 0 Å². The summed E-state index contributed by atoms with van der Waals surface area (Å²) in [6.07, 6.45) is 2.68. The minimum atomic E-state index is 0.348. The van der Waals surface area contributed by atoms with Crippen molar-refractivity contribution in [2.75, 3.05) is 11.9 Å². The zero-order chi connectivity index (χ0) is 13.0. The van der Waals surface area contributed by atoms with Crippen molar-refractivity contribution in [1.29, 1.82) is 0 Å². The number of H-pyrrole nitrogens is 1. The molecule has 0 aliphatic heterocycles. The van der Waals surface area contributed by atoms with Gasteiger partial charge in [0.05, 0.1) is 6.20 Å². The van der Waals surface area contributed by atoms with Crippen LogP contribution in [0.15, 0.2) is 12.3 Å². The Morgan fingerprint density at radius 3 is 2.78 bits per heavy atom. The first-order chi connectivity index (χ1) is 8.70. The molecule has 0 aromatic carbocycles. The molecule has 96 valence electrons. The van der Waals surface area contributed by atoms with Gasteiger partial charge in [0, 0.05) is 18.3 Å². The first-order valence-electron chi connectivity index (χ1n) is 6.19. The molecule has 0 aliphatic rings. The van der Waals surface area contributed by atoms with Gasteiger partial charge in [-0.3, -0.25) is 0 Å². The van der Waals surface area contributed by atoms with Gasteiger partial charge < -0.3 is 5.32 Å². The molecule has 2 rings (SSSR count). The van der Waals surface area contributed by atoms with Gasteiger partial charge in [-0.15, -0.1) is 0 Å². The SMILES string of the molecule is CCCNc1cc(C(C)C)nc(-c2cn[nH]n2)n1. The summed E-state index contributed by atoms with van der Waals surface area (Å²) in [7, 11) is 0. The second kappa shape index (κ2) is 5.57. The Morgan fingerprint density at radius 2 is 2.17 bits per heavy atom. The number of anilines is 1. The number of aromatic nitrogens is 5. The van der Waals surface area contributed by atoms with Crippen molar-refractivity contribution in [3.05, 3.63) is 18.0 Å². The van der Waals surface area contributed by atoms with Crippen LogP contribution in [0.4, 0.5) is 5.82 Å². The average molecular weight is 246 g/mol. The highest BCUT2D eigenvalue weighted by Gasteiger charge is 2.10. The summed E-state index contributed by atoms with van der Waals surface area (Å²) in [5.41, 5.74) is 1.67. The maximum atomic E-state index is 4.51. The van der Waals surface area contributed by atoms with Crippen LogP contribution in [0.5, 0.6) is 0 Å². The lowest BCUT2D eigenvalue weighted by molar-refractivity contribution is 0.814. The van der Waals surface area contributed by atoms with Crippen molar-refractivity contribution in [2.45, 2.75) is 33.1 Å². The third kappa shape index (κ3) is 2.82. The summed E-state index contributed by atoms with van der Waals surface area (Å²) in [6.45, 7) is 7.24. The molecule has 0 radical (unpaired) electrons. The Hall–Kier alpha value is -1.98. The lowest BCUT2D eigenvalue weighted by atomic mass is 10.1. The Kier molecular flexibility index (Phi) is 3.86. The van der Waals surface area contributed by atoms with E-state index in [-0.39, 0.29) is 0 Å². The molecule has 18 heavy (non-hydrogen) atoms. The van der Waals surface area contributed by atoms with Gasteiger partial charge in [-0.25, -0.2) is 9.97 Å². The van der Waals surface area contributed by atoms with Gasteiger partial charge in [0.2, 0.25) is 0 Å². The largest absolute Gasteiger partial charge is 0.370 e. The predicted molar refractivity (Wildman–Crippen MR) is 70.3 cm³/mol. The predicted octanol–water partition coefficient (Wildman–Crippen LogP) is 2.21. The van der Waals surface area contributed by atoms with Crippen LogP contribution < -0.4 is 5.32 Å². The molecule has 2 heterocycles. The molecule has 0 aliphatic carbocycles. The maximum Gasteiger partial charge on any atom is 0.183 e. The molecule has 2 aromatic heterocycles. The number of rotatable bonds is 5. The fourth-order valence-corrected chi connectivity index (χ4v) is 1.53. The van der Waals surface area contributed by atoms with E-state index in [1.165, 1.54) is 0 Å². The van der Waals surface area contributed by atoms with E-state index in [9.17, 15) is 0 Å². The van der Waals surface area contributed by atoms with Gasteiger partial charge in [-0.2, -0.15) is 15.4 Å². The van der Waals surface area contributed by atoms with Crippen molar-refractivity contribution in [3.63, 3.8) is 0 Å². The van der Waals surface area contributed by atoms with Crippen molar-refractivity contribution < 1.29 is 0 Å². The highest BCUT2D eigenvalue weighted by molar-refractivity contribution is 5.51. The third-order valence-corrected chi connectivity index (χ3v) is 2.54. The van der Waals surface area contributed by atoms with Crippen molar-refractivity contribution in [1.82, 2.24) is 25.4 Å². The molecule has 0 atom stereocenters. The molecule has 6 heteroatoms. The lowest BCUT2D eigenvalue weighted by Gasteiger charge is -2.10. The normalized spacial score (nSPS) is 10.9. The van der Waals surface area contributed by atoms with Crippen LogP contribution in [0.1, 0.15) is 38.8 Å². The monoisotopic (exact) mass is 246 g/mol. The van der Waals surface area contributed by atoms with Crippen LogP contribution >= 0.6 is 0 Å². The second-order valence-electron chi connectivity index (χ2n) is 4.44. The average Bonchev–Trinajstić information content (AvgIpc) is 2.89. The topological polar surface area (TPSA) is 79.4 Å². The first kappa shape index (κ1) is 12.5. The van der Waals surface area contributed by atoms with Gasteiger partial charge in [-0.1, -0.05) is 20.8 Å². The van der Waals surface area contributed by atoms with Gasteiger partial charge in [-0.05, 0) is 12.3 Å². The zero-order valence-corrected chi connectivity index (χ0v) is 10.9. The molecule has 2 N–H and O–H groups in total. The van der Waals surface area contributed by atoms with Crippen LogP contribution in [0, 0.1) is 0 Å². The Labute approximate surface area is 106 Å². The standard InChI is InChI=1S/C12H18N6/c1-4-5-13-11-6-9(8(2)3)15-12(16-11)10-7-14-18-17-10/h6-8H,4-5H2,1-3H3,(H,13,15,16)(H,14,17,18). The van der Waals surface area contributed by atoms with Crippen LogP contribution in [-0.2, 0) is 0 Å². The minimum Gasteiger partial charge on any atom is -0.370 e. The van der Waals surface area contributed by atoms with Crippen LogP contribution in [0.3, 0.4) is 0 Å². The van der Waals surface area contributed by atoms with E-state index in [4.69, 9.17) is 0 Å². The lowest BCUT2D eigenvalue weighted by Crippen LogP contribution is -2.06. The summed E-state index contributed by atoms with van der Waals surface area (Å²) in [5.74, 6) is 1.79. The molecular formula is C12H18N6. The number of aromatic amines is 1.